The van der Waals surface area contributed by atoms with E-state index in [1.165, 1.54) is 11.8 Å². The van der Waals surface area contributed by atoms with Gasteiger partial charge in [-0.05, 0) is 29.8 Å². The Bertz CT molecular complexity index is 1040. The van der Waals surface area contributed by atoms with Gasteiger partial charge in [0.25, 0.3) is 0 Å². The molecule has 0 radical (unpaired) electrons. The topological polar surface area (TPSA) is 69.6 Å². The number of rotatable bonds is 6. The van der Waals surface area contributed by atoms with Gasteiger partial charge in [0.1, 0.15) is 11.5 Å². The van der Waals surface area contributed by atoms with Crippen LogP contribution in [0, 0.1) is 0 Å². The lowest BCUT2D eigenvalue weighted by Crippen LogP contribution is -2.04. The Morgan fingerprint density at radius 1 is 1.11 bits per heavy atom. The number of aromatic nitrogens is 5. The molecule has 3 aromatic heterocycles. The van der Waals surface area contributed by atoms with E-state index in [0.717, 1.165) is 16.5 Å². The van der Waals surface area contributed by atoms with Gasteiger partial charge in [0, 0.05) is 28.2 Å². The summed E-state index contributed by atoms with van der Waals surface area (Å²) in [6, 6.07) is 9.22. The van der Waals surface area contributed by atoms with Crippen LogP contribution in [0.3, 0.4) is 0 Å². The van der Waals surface area contributed by atoms with E-state index in [-0.39, 0.29) is 0 Å². The summed E-state index contributed by atoms with van der Waals surface area (Å²) >= 11 is 13.8. The zero-order chi connectivity index (χ0) is 18.6. The predicted octanol–water partition coefficient (Wildman–Crippen LogP) is 4.98. The molecule has 0 aliphatic carbocycles. The highest BCUT2D eigenvalue weighted by molar-refractivity contribution is 7.98. The van der Waals surface area contributed by atoms with Crippen LogP contribution < -0.4 is 0 Å². The normalized spacial score (nSPS) is 11.0. The molecule has 4 rings (SSSR count). The van der Waals surface area contributed by atoms with Crippen molar-refractivity contribution in [3.8, 4) is 11.5 Å². The molecule has 0 fully saturated rings. The summed E-state index contributed by atoms with van der Waals surface area (Å²) in [7, 11) is 0. The molecule has 136 valence electrons. The molecule has 4 aromatic rings. The largest absolute Gasteiger partial charge is 0.467 e. The maximum Gasteiger partial charge on any atom is 0.192 e. The first kappa shape index (κ1) is 18.0. The standard InChI is InChI=1S/C18H13Cl2N5OS/c19-13-4-3-12(15(20)8-13)11-27-18-24-23-17(16-9-21-5-6-22-16)25(18)10-14-2-1-7-26-14/h1-9H,10-11H2. The quantitative estimate of drug-likeness (QED) is 0.412. The molecule has 3 heterocycles. The van der Waals surface area contributed by atoms with Gasteiger partial charge < -0.3 is 4.42 Å². The van der Waals surface area contributed by atoms with Crippen LogP contribution in [0.15, 0.2) is 64.8 Å². The molecule has 6 nitrogen and oxygen atoms in total. The van der Waals surface area contributed by atoms with Gasteiger partial charge in [0.2, 0.25) is 0 Å². The van der Waals surface area contributed by atoms with E-state index < -0.39 is 0 Å². The van der Waals surface area contributed by atoms with Crippen LogP contribution in [0.25, 0.3) is 11.5 Å². The van der Waals surface area contributed by atoms with Crippen LogP contribution in [-0.2, 0) is 12.3 Å². The van der Waals surface area contributed by atoms with Gasteiger partial charge in [-0.15, -0.1) is 10.2 Å². The zero-order valence-corrected chi connectivity index (χ0v) is 16.2. The molecule has 0 spiro atoms. The Kier molecular flexibility index (Phi) is 5.42. The first-order valence-electron chi connectivity index (χ1n) is 7.99. The number of nitrogens with zero attached hydrogens (tertiary/aromatic N) is 5. The van der Waals surface area contributed by atoms with Crippen molar-refractivity contribution in [3.63, 3.8) is 0 Å². The molecule has 0 unspecified atom stereocenters. The second kappa shape index (κ2) is 8.12. The number of hydrogen-bond acceptors (Lipinski definition) is 6. The first-order valence-corrected chi connectivity index (χ1v) is 9.73. The van der Waals surface area contributed by atoms with Crippen LogP contribution in [0.1, 0.15) is 11.3 Å². The van der Waals surface area contributed by atoms with Gasteiger partial charge in [-0.1, -0.05) is 41.0 Å². The lowest BCUT2D eigenvalue weighted by molar-refractivity contribution is 0.485. The highest BCUT2D eigenvalue weighted by atomic mass is 35.5. The van der Waals surface area contributed by atoms with E-state index in [1.54, 1.807) is 30.9 Å². The fourth-order valence-corrected chi connectivity index (χ4v) is 3.98. The lowest BCUT2D eigenvalue weighted by atomic mass is 10.2. The third-order valence-corrected chi connectivity index (χ3v) is 5.38. The summed E-state index contributed by atoms with van der Waals surface area (Å²) in [5.74, 6) is 2.06. The van der Waals surface area contributed by atoms with Gasteiger partial charge in [-0.25, -0.2) is 4.98 Å². The van der Waals surface area contributed by atoms with Crippen LogP contribution in [0.4, 0.5) is 0 Å². The number of furan rings is 1. The Morgan fingerprint density at radius 2 is 2.04 bits per heavy atom. The Morgan fingerprint density at radius 3 is 2.78 bits per heavy atom. The molecule has 0 N–H and O–H groups in total. The van der Waals surface area contributed by atoms with E-state index in [0.29, 0.717) is 33.9 Å². The van der Waals surface area contributed by atoms with Crippen LogP contribution in [0.2, 0.25) is 10.0 Å². The van der Waals surface area contributed by atoms with Crippen molar-refractivity contribution < 1.29 is 4.42 Å². The molecule has 27 heavy (non-hydrogen) atoms. The molecule has 0 aliphatic heterocycles. The fraction of sp³-hybridized carbons (Fsp3) is 0.111. The molecule has 0 aliphatic rings. The Balaban J connectivity index is 1.64. The summed E-state index contributed by atoms with van der Waals surface area (Å²) in [5, 5.41) is 10.6. The molecule has 1 aromatic carbocycles. The summed E-state index contributed by atoms with van der Waals surface area (Å²) in [5.41, 5.74) is 1.62. The van der Waals surface area contributed by atoms with Crippen LogP contribution in [0.5, 0.6) is 0 Å². The molecule has 9 heteroatoms. The SMILES string of the molecule is Clc1ccc(CSc2nnc(-c3cnccn3)n2Cc2ccco2)c(Cl)c1. The fourth-order valence-electron chi connectivity index (χ4n) is 2.48. The van der Waals surface area contributed by atoms with E-state index in [2.05, 4.69) is 20.2 Å². The summed E-state index contributed by atoms with van der Waals surface area (Å²) in [6.45, 7) is 0.489. The monoisotopic (exact) mass is 417 g/mol. The van der Waals surface area contributed by atoms with Crippen molar-refractivity contribution in [2.45, 2.75) is 17.5 Å². The summed E-state index contributed by atoms with van der Waals surface area (Å²) in [6.07, 6.45) is 6.55. The minimum atomic E-state index is 0.489. The van der Waals surface area contributed by atoms with E-state index in [1.807, 2.05) is 28.8 Å². The summed E-state index contributed by atoms with van der Waals surface area (Å²) in [4.78, 5) is 8.45. The van der Waals surface area contributed by atoms with Crippen molar-refractivity contribution >= 4 is 35.0 Å². The molecule has 0 bridgehead atoms. The first-order chi connectivity index (χ1) is 13.2. The van der Waals surface area contributed by atoms with Crippen LogP contribution in [-0.4, -0.2) is 24.7 Å². The van der Waals surface area contributed by atoms with E-state index >= 15 is 0 Å². The Hall–Kier alpha value is -2.35. The predicted molar refractivity (Wildman–Crippen MR) is 105 cm³/mol. The van der Waals surface area contributed by atoms with Crippen molar-refractivity contribution in [2.24, 2.45) is 0 Å². The smallest absolute Gasteiger partial charge is 0.192 e. The van der Waals surface area contributed by atoms with E-state index in [9.17, 15) is 0 Å². The third-order valence-electron chi connectivity index (χ3n) is 3.78. The maximum atomic E-state index is 6.28. The molecule has 0 atom stereocenters. The molecular weight excluding hydrogens is 405 g/mol. The van der Waals surface area contributed by atoms with Gasteiger partial charge in [-0.2, -0.15) is 0 Å². The second-order valence-electron chi connectivity index (χ2n) is 5.59. The molecule has 0 saturated carbocycles. The van der Waals surface area contributed by atoms with Crippen molar-refractivity contribution in [1.29, 1.82) is 0 Å². The second-order valence-corrected chi connectivity index (χ2v) is 7.37. The molecular formula is C18H13Cl2N5OS. The minimum absolute atomic E-state index is 0.489. The minimum Gasteiger partial charge on any atom is -0.467 e. The maximum absolute atomic E-state index is 6.28. The summed E-state index contributed by atoms with van der Waals surface area (Å²) < 4.78 is 7.45. The number of benzene rings is 1. The highest BCUT2D eigenvalue weighted by Gasteiger charge is 2.17. The van der Waals surface area contributed by atoms with Crippen molar-refractivity contribution in [2.75, 3.05) is 0 Å². The van der Waals surface area contributed by atoms with Gasteiger partial charge in [-0.3, -0.25) is 9.55 Å². The van der Waals surface area contributed by atoms with Crippen molar-refractivity contribution in [3.05, 3.63) is 76.6 Å². The van der Waals surface area contributed by atoms with Gasteiger partial charge in [0.15, 0.2) is 11.0 Å². The molecule has 0 saturated heterocycles. The Labute approximate surface area is 169 Å². The molecule has 0 amide bonds. The lowest BCUT2D eigenvalue weighted by Gasteiger charge is -2.09. The number of halogens is 2. The third kappa shape index (κ3) is 4.16. The van der Waals surface area contributed by atoms with Gasteiger partial charge >= 0.3 is 0 Å². The zero-order valence-electron chi connectivity index (χ0n) is 13.9. The highest BCUT2D eigenvalue weighted by Crippen LogP contribution is 2.30. The average molecular weight is 418 g/mol. The van der Waals surface area contributed by atoms with Crippen LogP contribution >= 0.6 is 35.0 Å². The average Bonchev–Trinajstić information content (AvgIpc) is 3.32. The number of hydrogen-bond donors (Lipinski definition) is 0. The van der Waals surface area contributed by atoms with E-state index in [4.69, 9.17) is 27.6 Å². The number of thioether (sulfide) groups is 1. The van der Waals surface area contributed by atoms with Crippen molar-refractivity contribution in [1.82, 2.24) is 24.7 Å². The van der Waals surface area contributed by atoms with Gasteiger partial charge in [0.05, 0.1) is 19.0 Å².